The number of benzene rings is 4. The molecule has 0 bridgehead atoms. The third-order valence-electron chi connectivity index (χ3n) is 9.95. The van der Waals surface area contributed by atoms with Crippen LogP contribution in [0.2, 0.25) is 0 Å². The Labute approximate surface area is 248 Å². The average molecular weight is 542 g/mol. The van der Waals surface area contributed by atoms with Crippen molar-refractivity contribution in [2.24, 2.45) is 0 Å². The van der Waals surface area contributed by atoms with Gasteiger partial charge in [-0.25, -0.2) is 0 Å². The lowest BCUT2D eigenvalue weighted by Gasteiger charge is -2.42. The minimum Gasteiger partial charge on any atom is -0.455 e. The molecule has 1 saturated carbocycles. The maximum absolute atomic E-state index is 9.34. The van der Waals surface area contributed by atoms with Crippen LogP contribution in [0.1, 0.15) is 99.9 Å². The molecule has 0 amide bonds. The van der Waals surface area contributed by atoms with Crippen molar-refractivity contribution < 1.29 is 9.90 Å². The Morgan fingerprint density at radius 2 is 1.61 bits per heavy atom. The first kappa shape index (κ1) is 21.1. The molecular formula is C39H39NO. The van der Waals surface area contributed by atoms with Gasteiger partial charge in [-0.1, -0.05) is 77.3 Å². The Morgan fingerprint density at radius 1 is 0.829 bits per heavy atom. The number of hydrogen-bond acceptors (Lipinski definition) is 2. The van der Waals surface area contributed by atoms with E-state index in [1.807, 2.05) is 18.2 Å². The highest BCUT2D eigenvalue weighted by Gasteiger charge is 2.39. The van der Waals surface area contributed by atoms with E-state index in [-0.39, 0.29) is 16.4 Å². The molecule has 8 rings (SSSR count). The third-order valence-corrected chi connectivity index (χ3v) is 9.95. The second-order valence-electron chi connectivity index (χ2n) is 13.7. The lowest BCUT2D eigenvalue weighted by molar-refractivity contribution is 0.341. The lowest BCUT2D eigenvalue weighted by atomic mass is 9.61. The first-order valence-corrected chi connectivity index (χ1v) is 15.1. The van der Waals surface area contributed by atoms with Gasteiger partial charge in [0.2, 0.25) is 0 Å². The molecule has 2 aliphatic carbocycles. The summed E-state index contributed by atoms with van der Waals surface area (Å²) in [5.41, 5.74) is 6.75. The molecule has 0 atom stereocenters. The monoisotopic (exact) mass is 541 g/mol. The second-order valence-corrected chi connectivity index (χ2v) is 13.7. The van der Waals surface area contributed by atoms with Crippen LogP contribution in [0.4, 0.5) is 0 Å². The van der Waals surface area contributed by atoms with Crippen LogP contribution in [0.3, 0.4) is 0 Å². The Balaban J connectivity index is 1.37. The number of furan rings is 1. The van der Waals surface area contributed by atoms with E-state index >= 15 is 0 Å². The van der Waals surface area contributed by atoms with Gasteiger partial charge in [-0.3, -0.25) is 4.98 Å². The van der Waals surface area contributed by atoms with E-state index in [9.17, 15) is 1.37 Å². The van der Waals surface area contributed by atoms with Crippen molar-refractivity contribution >= 4 is 43.5 Å². The van der Waals surface area contributed by atoms with Crippen molar-refractivity contribution in [2.75, 3.05) is 0 Å². The summed E-state index contributed by atoms with van der Waals surface area (Å²) in [6, 6.07) is 21.6. The summed E-state index contributed by atoms with van der Waals surface area (Å²) in [6.07, 6.45) is 6.84. The third kappa shape index (κ3) is 3.72. The molecule has 0 aliphatic heterocycles. The maximum Gasteiger partial charge on any atom is 0.144 e. The van der Waals surface area contributed by atoms with E-state index in [2.05, 4.69) is 75.1 Å². The van der Waals surface area contributed by atoms with Gasteiger partial charge in [0.05, 0.1) is 5.69 Å². The van der Waals surface area contributed by atoms with Crippen LogP contribution >= 0.6 is 0 Å². The van der Waals surface area contributed by atoms with Crippen molar-refractivity contribution in [3.63, 3.8) is 0 Å². The molecule has 6 aromatic rings. The van der Waals surface area contributed by atoms with Gasteiger partial charge in [0, 0.05) is 28.0 Å². The molecule has 0 radical (unpaired) electrons. The Hall–Kier alpha value is -3.65. The second kappa shape index (κ2) is 8.68. The van der Waals surface area contributed by atoms with Crippen LogP contribution in [0.5, 0.6) is 0 Å². The van der Waals surface area contributed by atoms with Gasteiger partial charge in [-0.2, -0.15) is 0 Å². The molecule has 0 spiro atoms. The molecule has 1 fully saturated rings. The fourth-order valence-electron chi connectivity index (χ4n) is 8.25. The predicted molar refractivity (Wildman–Crippen MR) is 173 cm³/mol. The molecule has 0 unspecified atom stereocenters. The van der Waals surface area contributed by atoms with E-state index < -0.39 is 12.7 Å². The Kier molecular flexibility index (Phi) is 4.47. The normalized spacial score (nSPS) is 21.1. The van der Waals surface area contributed by atoms with Crippen LogP contribution in [0.25, 0.3) is 54.7 Å². The smallest absolute Gasteiger partial charge is 0.144 e. The van der Waals surface area contributed by atoms with Gasteiger partial charge in [0.1, 0.15) is 11.2 Å². The summed E-state index contributed by atoms with van der Waals surface area (Å²) in [7, 11) is 0. The minimum absolute atomic E-state index is 0.0443. The van der Waals surface area contributed by atoms with Crippen molar-refractivity contribution in [1.29, 1.82) is 0 Å². The number of fused-ring (bicyclic) bond motifs is 5. The SMILES string of the molecule is [2H]C([2H])([2H])c1cnc(-c2cccc3c2oc2cc4c(cc5c6c(cccc64)C(C)(C)CC5(C)C)cc23)cc1C1([2H])CCCCC1. The molecule has 0 saturated heterocycles. The molecule has 2 heterocycles. The van der Waals surface area contributed by atoms with Gasteiger partial charge in [-0.15, -0.1) is 0 Å². The number of aromatic nitrogens is 1. The summed E-state index contributed by atoms with van der Waals surface area (Å²) in [4.78, 5) is 4.68. The van der Waals surface area contributed by atoms with Crippen LogP contribution < -0.4 is 0 Å². The summed E-state index contributed by atoms with van der Waals surface area (Å²) >= 11 is 0. The minimum atomic E-state index is -2.33. The van der Waals surface area contributed by atoms with E-state index in [0.29, 0.717) is 24.1 Å². The number of rotatable bonds is 2. The highest BCUT2D eigenvalue weighted by atomic mass is 16.3. The molecule has 206 valence electrons. The highest BCUT2D eigenvalue weighted by molar-refractivity contribution is 6.18. The van der Waals surface area contributed by atoms with Gasteiger partial charge < -0.3 is 4.42 Å². The first-order valence-electron chi connectivity index (χ1n) is 17.1. The Bertz CT molecular complexity index is 2180. The van der Waals surface area contributed by atoms with Gasteiger partial charge >= 0.3 is 0 Å². The molecular weight excluding hydrogens is 498 g/mol. The highest BCUT2D eigenvalue weighted by Crippen LogP contribution is 2.51. The van der Waals surface area contributed by atoms with E-state index in [1.54, 1.807) is 0 Å². The van der Waals surface area contributed by atoms with Gasteiger partial charge in [0.15, 0.2) is 0 Å². The predicted octanol–water partition coefficient (Wildman–Crippen LogP) is 11.3. The van der Waals surface area contributed by atoms with Crippen molar-refractivity contribution in [3.05, 3.63) is 89.1 Å². The van der Waals surface area contributed by atoms with E-state index in [0.717, 1.165) is 53.2 Å². The van der Waals surface area contributed by atoms with Gasteiger partial charge in [-0.05, 0) is 117 Å². The molecule has 0 N–H and O–H groups in total. The molecule has 41 heavy (non-hydrogen) atoms. The topological polar surface area (TPSA) is 26.0 Å². The number of aryl methyl sites for hydroxylation is 1. The maximum atomic E-state index is 9.34. The standard InChI is InChI=1S/C39H39NO/c1-23-21-40-34(19-29(23)24-11-7-6-8-12-24)28-15-9-14-27-31-17-25-18-33-36-26(30(25)20-35(31)41-37(27)28)13-10-16-32(36)38(2,3)22-39(33,4)5/h9-10,13-21,24H,6-8,11-12,22H2,1-5H3/i1D3,24D. The van der Waals surface area contributed by atoms with Crippen molar-refractivity contribution in [1.82, 2.24) is 4.98 Å². The molecule has 2 nitrogen and oxygen atoms in total. The molecule has 2 aliphatic rings. The summed E-state index contributed by atoms with van der Waals surface area (Å²) in [6.45, 7) is 7.14. The molecule has 4 aromatic carbocycles. The zero-order valence-corrected chi connectivity index (χ0v) is 24.4. The summed E-state index contributed by atoms with van der Waals surface area (Å²) < 4.78 is 40.7. The van der Waals surface area contributed by atoms with E-state index in [4.69, 9.17) is 8.53 Å². The fourth-order valence-corrected chi connectivity index (χ4v) is 8.25. The summed E-state index contributed by atoms with van der Waals surface area (Å²) in [5.74, 6) is -0.928. The molecule has 2 heteroatoms. The zero-order chi connectivity index (χ0) is 31.5. The average Bonchev–Trinajstić information content (AvgIpc) is 3.35. The van der Waals surface area contributed by atoms with Gasteiger partial charge in [0.25, 0.3) is 0 Å². The fraction of sp³-hybridized carbons (Fsp3) is 0.359. The quantitative estimate of drug-likeness (QED) is 0.204. The number of nitrogens with zero attached hydrogens (tertiary/aromatic N) is 1. The lowest BCUT2D eigenvalue weighted by Crippen LogP contribution is -2.34. The van der Waals surface area contributed by atoms with Crippen LogP contribution in [0.15, 0.2) is 71.3 Å². The van der Waals surface area contributed by atoms with Crippen molar-refractivity contribution in [3.8, 4) is 11.3 Å². The van der Waals surface area contributed by atoms with Crippen LogP contribution in [0, 0.1) is 6.85 Å². The zero-order valence-electron chi connectivity index (χ0n) is 28.4. The van der Waals surface area contributed by atoms with Crippen molar-refractivity contribution in [2.45, 2.75) is 89.8 Å². The number of hydrogen-bond donors (Lipinski definition) is 0. The number of pyridine rings is 1. The van der Waals surface area contributed by atoms with E-state index in [1.165, 1.54) is 38.9 Å². The largest absolute Gasteiger partial charge is 0.455 e. The molecule has 2 aromatic heterocycles. The van der Waals surface area contributed by atoms with Crippen LogP contribution in [-0.2, 0) is 10.8 Å². The Morgan fingerprint density at radius 3 is 2.44 bits per heavy atom. The first-order chi connectivity index (χ1) is 21.3. The number of para-hydroxylation sites is 1. The summed E-state index contributed by atoms with van der Waals surface area (Å²) in [5, 5.41) is 7.10. The van der Waals surface area contributed by atoms with Crippen LogP contribution in [-0.4, -0.2) is 4.98 Å².